The predicted octanol–water partition coefficient (Wildman–Crippen LogP) is 1.03. The molecule has 0 aromatic heterocycles. The number of fused-ring (bicyclic) bond motifs is 3. The Morgan fingerprint density at radius 1 is 1.33 bits per heavy atom. The van der Waals surface area contributed by atoms with Crippen molar-refractivity contribution < 1.29 is 4.39 Å². The van der Waals surface area contributed by atoms with Crippen LogP contribution in [0.4, 0.5) is 15.8 Å². The van der Waals surface area contributed by atoms with Gasteiger partial charge in [-0.05, 0) is 18.2 Å². The van der Waals surface area contributed by atoms with Crippen molar-refractivity contribution in [3.63, 3.8) is 0 Å². The van der Waals surface area contributed by atoms with Gasteiger partial charge >= 0.3 is 0 Å². The minimum Gasteiger partial charge on any atom is -0.381 e. The van der Waals surface area contributed by atoms with Gasteiger partial charge in [0.2, 0.25) is 0 Å². The van der Waals surface area contributed by atoms with E-state index in [2.05, 4.69) is 15.5 Å². The van der Waals surface area contributed by atoms with Crippen LogP contribution in [0.15, 0.2) is 18.2 Å². The van der Waals surface area contributed by atoms with E-state index in [4.69, 9.17) is 0 Å². The summed E-state index contributed by atoms with van der Waals surface area (Å²) in [6.07, 6.45) is 0. The predicted molar refractivity (Wildman–Crippen MR) is 58.9 cm³/mol. The van der Waals surface area contributed by atoms with Crippen molar-refractivity contribution in [3.05, 3.63) is 24.0 Å². The molecule has 2 heterocycles. The maximum atomic E-state index is 13.0. The van der Waals surface area contributed by atoms with Crippen LogP contribution in [-0.4, -0.2) is 32.2 Å². The summed E-state index contributed by atoms with van der Waals surface area (Å²) in [6, 6.07) is 5.48. The van der Waals surface area contributed by atoms with E-state index < -0.39 is 0 Å². The van der Waals surface area contributed by atoms with Crippen LogP contribution in [0, 0.1) is 5.82 Å². The van der Waals surface area contributed by atoms with E-state index in [1.807, 2.05) is 6.07 Å². The summed E-state index contributed by atoms with van der Waals surface area (Å²) in [7, 11) is 0. The lowest BCUT2D eigenvalue weighted by atomic mass is 10.1. The standard InChI is InChI=1S/C11H14FN3/c12-8-1-2-11-10(5-8)14-7-9-6-13-3-4-15(9)11/h1-2,5,9,13-14H,3-4,6-7H2. The van der Waals surface area contributed by atoms with Gasteiger partial charge in [0.05, 0.1) is 17.4 Å². The van der Waals surface area contributed by atoms with Crippen LogP contribution in [0.2, 0.25) is 0 Å². The number of nitrogens with one attached hydrogen (secondary N) is 2. The third-order valence-electron chi connectivity index (χ3n) is 3.15. The van der Waals surface area contributed by atoms with Gasteiger partial charge in [-0.25, -0.2) is 4.39 Å². The quantitative estimate of drug-likeness (QED) is 0.665. The zero-order chi connectivity index (χ0) is 10.3. The number of piperazine rings is 1. The molecular weight excluding hydrogens is 193 g/mol. The van der Waals surface area contributed by atoms with Crippen molar-refractivity contribution in [2.45, 2.75) is 6.04 Å². The molecule has 0 bridgehead atoms. The summed E-state index contributed by atoms with van der Waals surface area (Å²) >= 11 is 0. The number of nitrogens with zero attached hydrogens (tertiary/aromatic N) is 1. The Labute approximate surface area is 88.3 Å². The number of anilines is 2. The average molecular weight is 207 g/mol. The molecule has 1 aromatic rings. The lowest BCUT2D eigenvalue weighted by Crippen LogP contribution is -2.56. The molecule has 1 atom stereocenters. The second-order valence-corrected chi connectivity index (χ2v) is 4.09. The number of hydrogen-bond donors (Lipinski definition) is 2. The summed E-state index contributed by atoms with van der Waals surface area (Å²) in [6.45, 7) is 3.91. The first-order valence-electron chi connectivity index (χ1n) is 5.35. The van der Waals surface area contributed by atoms with Gasteiger partial charge in [-0.15, -0.1) is 0 Å². The van der Waals surface area contributed by atoms with E-state index >= 15 is 0 Å². The van der Waals surface area contributed by atoms with E-state index in [-0.39, 0.29) is 5.82 Å². The van der Waals surface area contributed by atoms with Crippen LogP contribution in [0.1, 0.15) is 0 Å². The van der Waals surface area contributed by atoms with Crippen molar-refractivity contribution in [2.75, 3.05) is 36.4 Å². The van der Waals surface area contributed by atoms with Gasteiger partial charge in [0.25, 0.3) is 0 Å². The average Bonchev–Trinajstić information content (AvgIpc) is 2.28. The van der Waals surface area contributed by atoms with Gasteiger partial charge in [0.1, 0.15) is 5.82 Å². The summed E-state index contributed by atoms with van der Waals surface area (Å²) in [5.74, 6) is -0.171. The topological polar surface area (TPSA) is 27.3 Å². The fraction of sp³-hybridized carbons (Fsp3) is 0.455. The number of hydrogen-bond acceptors (Lipinski definition) is 3. The lowest BCUT2D eigenvalue weighted by molar-refractivity contribution is 0.481. The monoisotopic (exact) mass is 207 g/mol. The first-order valence-corrected chi connectivity index (χ1v) is 5.35. The molecule has 2 aliphatic rings. The fourth-order valence-electron chi connectivity index (χ4n) is 2.39. The molecule has 3 nitrogen and oxygen atoms in total. The van der Waals surface area contributed by atoms with E-state index in [0.29, 0.717) is 6.04 Å². The highest BCUT2D eigenvalue weighted by Crippen LogP contribution is 2.32. The normalized spacial score (nSPS) is 24.1. The van der Waals surface area contributed by atoms with E-state index in [0.717, 1.165) is 37.6 Å². The molecule has 0 aliphatic carbocycles. The van der Waals surface area contributed by atoms with Gasteiger partial charge in [-0.2, -0.15) is 0 Å². The molecular formula is C11H14FN3. The van der Waals surface area contributed by atoms with E-state index in [1.165, 1.54) is 6.07 Å². The Kier molecular flexibility index (Phi) is 2.02. The molecule has 3 rings (SSSR count). The molecule has 80 valence electrons. The fourth-order valence-corrected chi connectivity index (χ4v) is 2.39. The van der Waals surface area contributed by atoms with E-state index in [9.17, 15) is 4.39 Å². The van der Waals surface area contributed by atoms with Crippen LogP contribution >= 0.6 is 0 Å². The highest BCUT2D eigenvalue weighted by Gasteiger charge is 2.27. The molecule has 0 amide bonds. The molecule has 4 heteroatoms. The second kappa shape index (κ2) is 3.38. The van der Waals surface area contributed by atoms with Crippen LogP contribution in [0.5, 0.6) is 0 Å². The molecule has 2 aliphatic heterocycles. The lowest BCUT2D eigenvalue weighted by Gasteiger charge is -2.42. The largest absolute Gasteiger partial charge is 0.381 e. The second-order valence-electron chi connectivity index (χ2n) is 4.09. The van der Waals surface area contributed by atoms with Crippen molar-refractivity contribution in [1.82, 2.24) is 5.32 Å². The van der Waals surface area contributed by atoms with Crippen molar-refractivity contribution >= 4 is 11.4 Å². The van der Waals surface area contributed by atoms with Gasteiger partial charge in [0.15, 0.2) is 0 Å². The minimum atomic E-state index is -0.171. The molecule has 1 aromatic carbocycles. The summed E-state index contributed by atoms with van der Waals surface area (Å²) in [5.41, 5.74) is 2.06. The summed E-state index contributed by atoms with van der Waals surface area (Å²) < 4.78 is 13.0. The molecule has 1 unspecified atom stereocenters. The van der Waals surface area contributed by atoms with Gasteiger partial charge < -0.3 is 15.5 Å². The minimum absolute atomic E-state index is 0.171. The Morgan fingerprint density at radius 2 is 2.27 bits per heavy atom. The maximum Gasteiger partial charge on any atom is 0.125 e. The Balaban J connectivity index is 1.99. The molecule has 15 heavy (non-hydrogen) atoms. The van der Waals surface area contributed by atoms with Gasteiger partial charge in [-0.1, -0.05) is 0 Å². The third kappa shape index (κ3) is 1.45. The molecule has 1 fully saturated rings. The van der Waals surface area contributed by atoms with Crippen LogP contribution in [0.3, 0.4) is 0 Å². The zero-order valence-electron chi connectivity index (χ0n) is 8.46. The smallest absolute Gasteiger partial charge is 0.125 e. The molecule has 0 radical (unpaired) electrons. The zero-order valence-corrected chi connectivity index (χ0v) is 8.46. The van der Waals surface area contributed by atoms with Crippen molar-refractivity contribution in [3.8, 4) is 0 Å². The molecule has 0 spiro atoms. The first-order chi connectivity index (χ1) is 7.34. The number of benzene rings is 1. The highest BCUT2D eigenvalue weighted by molar-refractivity contribution is 5.73. The molecule has 2 N–H and O–H groups in total. The van der Waals surface area contributed by atoms with Gasteiger partial charge in [-0.3, -0.25) is 0 Å². The van der Waals surface area contributed by atoms with Crippen LogP contribution in [0.25, 0.3) is 0 Å². The molecule has 1 saturated heterocycles. The first kappa shape index (κ1) is 8.97. The van der Waals surface area contributed by atoms with Crippen LogP contribution in [-0.2, 0) is 0 Å². The summed E-state index contributed by atoms with van der Waals surface area (Å²) in [4.78, 5) is 2.36. The van der Waals surface area contributed by atoms with Crippen molar-refractivity contribution in [1.29, 1.82) is 0 Å². The SMILES string of the molecule is Fc1ccc2c(c1)NCC1CNCCN21. The maximum absolute atomic E-state index is 13.0. The van der Waals surface area contributed by atoms with Crippen molar-refractivity contribution in [2.24, 2.45) is 0 Å². The Morgan fingerprint density at radius 3 is 3.20 bits per heavy atom. The number of rotatable bonds is 0. The Hall–Kier alpha value is -1.29. The third-order valence-corrected chi connectivity index (χ3v) is 3.15. The summed E-state index contributed by atoms with van der Waals surface area (Å²) in [5, 5.41) is 6.65. The van der Waals surface area contributed by atoms with E-state index in [1.54, 1.807) is 6.07 Å². The highest BCUT2D eigenvalue weighted by atomic mass is 19.1. The Bertz CT molecular complexity index is 380. The van der Waals surface area contributed by atoms with Gasteiger partial charge in [0, 0.05) is 26.2 Å². The number of halogens is 1. The molecule has 0 saturated carbocycles. The van der Waals surface area contributed by atoms with Crippen LogP contribution < -0.4 is 15.5 Å².